The quantitative estimate of drug-likeness (QED) is 0.00961. The lowest BCUT2D eigenvalue weighted by atomic mass is 9.96. The maximum Gasteiger partial charge on any atom is 0.322 e. The van der Waals surface area contributed by atoms with Crippen LogP contribution in [-0.4, -0.2) is 275 Å². The molecule has 2 aromatic carbocycles. The van der Waals surface area contributed by atoms with Crippen LogP contribution >= 0.6 is 25.3 Å². The van der Waals surface area contributed by atoms with E-state index in [1.807, 2.05) is 0 Å². The van der Waals surface area contributed by atoms with E-state index in [1.54, 1.807) is 81.4 Å². The summed E-state index contributed by atoms with van der Waals surface area (Å²) in [5, 5.41) is 90.7. The van der Waals surface area contributed by atoms with Crippen LogP contribution < -0.4 is 114 Å². The fourth-order valence-corrected chi connectivity index (χ4v) is 11.6. The van der Waals surface area contributed by atoms with Gasteiger partial charge in [0, 0.05) is 44.0 Å². The molecule has 32 N–H and O–H groups in total. The van der Waals surface area contributed by atoms with Crippen molar-refractivity contribution in [3.63, 3.8) is 0 Å². The second-order valence-electron chi connectivity index (χ2n) is 27.5. The van der Waals surface area contributed by atoms with Gasteiger partial charge in [0.25, 0.3) is 5.91 Å². The van der Waals surface area contributed by atoms with Crippen molar-refractivity contribution in [1.29, 1.82) is 16.2 Å². The normalized spacial score (nSPS) is 14.6. The first-order valence-corrected chi connectivity index (χ1v) is 39.2. The molecule has 2 aromatic rings. The number of nitrogens with two attached hydrogens (primary N) is 5. The van der Waals surface area contributed by atoms with Crippen LogP contribution in [0.1, 0.15) is 104 Å². The van der Waals surface area contributed by atoms with Crippen molar-refractivity contribution in [1.82, 2.24) is 90.0 Å². The molecular weight excluding hydrogens is 1600 g/mol. The third-order valence-corrected chi connectivity index (χ3v) is 19.0. The molecule has 15 atom stereocenters. The van der Waals surface area contributed by atoms with Crippen LogP contribution in [0.5, 0.6) is 0 Å². The number of thiol groups is 2. The minimum atomic E-state index is -2.01. The van der Waals surface area contributed by atoms with E-state index >= 15 is 0 Å². The molecule has 47 heteroatoms. The summed E-state index contributed by atoms with van der Waals surface area (Å²) in [7, 11) is 0. The minimum Gasteiger partial charge on any atom is -0.481 e. The summed E-state index contributed by atoms with van der Waals surface area (Å²) < 4.78 is 0. The highest BCUT2D eigenvalue weighted by molar-refractivity contribution is 7.80. The molecule has 119 heavy (non-hydrogen) atoms. The average molecular weight is 1720 g/mol. The maximum atomic E-state index is 14.6. The number of aldehydes is 1. The SMILES string of the molecule is CC[C@H](C)[C@H](NC(=O)[C@H](CCCNC(=N)N)NC(=O)CNC(=O)CNC(=O)[C@H](Cc1ccccc1)NC(=O)[C@@H](C)NC(=O)[C@H](CS)NC(=O)[C@H](CO)NC(=O)[C@@H](N)CO)C(=O)N[C@@H](CC(=O)O)C(=O)N[C@@H](CCCNC(=N)N)C(=O)N[C@H](C(=O)N[C@@H](CS)C(=O)N[C@@H](Cc1ccccc1)C(=O)N(C(N)=O)[C@H](C=O)CCCNC(=N)N)[C@@H](C)CC. The maximum absolute atomic E-state index is 14.6. The Morgan fingerprint density at radius 2 is 0.824 bits per heavy atom. The van der Waals surface area contributed by atoms with Crippen molar-refractivity contribution in [3.05, 3.63) is 71.8 Å². The summed E-state index contributed by atoms with van der Waals surface area (Å²) in [4.78, 5) is 232. The monoisotopic (exact) mass is 1710 g/mol. The number of amides is 16. The summed E-state index contributed by atoms with van der Waals surface area (Å²) >= 11 is 8.38. The summed E-state index contributed by atoms with van der Waals surface area (Å²) in [6.07, 6.45) is -1.42. The summed E-state index contributed by atoms with van der Waals surface area (Å²) in [6, 6.07) is -5.16. The predicted molar refractivity (Wildman–Crippen MR) is 438 cm³/mol. The molecule has 0 aliphatic rings. The van der Waals surface area contributed by atoms with Gasteiger partial charge >= 0.3 is 12.0 Å². The lowest BCUT2D eigenvalue weighted by Crippen LogP contribution is -2.62. The Bertz CT molecular complexity index is 3800. The number of carboxylic acids is 1. The van der Waals surface area contributed by atoms with Gasteiger partial charge in [-0.3, -0.25) is 93.0 Å². The predicted octanol–water partition coefficient (Wildman–Crippen LogP) is -8.94. The largest absolute Gasteiger partial charge is 0.481 e. The molecule has 0 aromatic heterocycles. The molecule has 0 unspecified atom stereocenters. The first kappa shape index (κ1) is 103. The van der Waals surface area contributed by atoms with Gasteiger partial charge < -0.3 is 134 Å². The van der Waals surface area contributed by atoms with E-state index in [9.17, 15) is 91.7 Å². The third-order valence-electron chi connectivity index (χ3n) is 18.2. The Labute approximate surface area is 697 Å². The van der Waals surface area contributed by atoms with Gasteiger partial charge in [-0.25, -0.2) is 4.79 Å². The highest BCUT2D eigenvalue weighted by Crippen LogP contribution is 2.17. The van der Waals surface area contributed by atoms with Crippen LogP contribution in [0.2, 0.25) is 0 Å². The number of hydrogen-bond donors (Lipinski definition) is 29. The molecule has 0 saturated heterocycles. The number of primary amides is 1. The van der Waals surface area contributed by atoms with Crippen molar-refractivity contribution in [2.75, 3.05) is 57.4 Å². The number of carboxylic acid groups (broad SMARTS) is 1. The van der Waals surface area contributed by atoms with Gasteiger partial charge in [0.15, 0.2) is 17.9 Å². The Kier molecular flexibility index (Phi) is 47.5. The number of aliphatic hydroxyl groups excluding tert-OH is 2. The third kappa shape index (κ3) is 38.3. The lowest BCUT2D eigenvalue weighted by molar-refractivity contribution is -0.142. The van der Waals surface area contributed by atoms with Crippen LogP contribution in [0.15, 0.2) is 60.7 Å². The number of benzene rings is 2. The first-order chi connectivity index (χ1) is 56.3. The van der Waals surface area contributed by atoms with Gasteiger partial charge in [-0.1, -0.05) is 101 Å². The number of carbonyl (C=O) groups excluding carboxylic acids is 16. The van der Waals surface area contributed by atoms with E-state index in [2.05, 4.69) is 110 Å². The van der Waals surface area contributed by atoms with Crippen LogP contribution in [0.25, 0.3) is 0 Å². The van der Waals surface area contributed by atoms with Gasteiger partial charge in [0.1, 0.15) is 78.8 Å². The molecule has 0 spiro atoms. The number of rotatable bonds is 55. The van der Waals surface area contributed by atoms with Crippen LogP contribution in [0.4, 0.5) is 4.79 Å². The zero-order valence-corrected chi connectivity index (χ0v) is 68.5. The van der Waals surface area contributed by atoms with Crippen molar-refractivity contribution in [2.24, 2.45) is 40.5 Å². The Balaban J connectivity index is 2.41. The molecule has 2 rings (SSSR count). The number of urea groups is 1. The molecule has 16 amide bonds. The molecule has 0 aliphatic heterocycles. The molecule has 0 fully saturated rings. The van der Waals surface area contributed by atoms with Gasteiger partial charge in [0.05, 0.1) is 38.8 Å². The summed E-state index contributed by atoms with van der Waals surface area (Å²) in [5.41, 5.74) is 28.5. The van der Waals surface area contributed by atoms with Crippen molar-refractivity contribution < 1.29 is 96.8 Å². The van der Waals surface area contributed by atoms with Gasteiger partial charge in [-0.2, -0.15) is 25.3 Å². The molecule has 0 radical (unpaired) electrons. The van der Waals surface area contributed by atoms with Crippen molar-refractivity contribution in [2.45, 2.75) is 184 Å². The zero-order valence-electron chi connectivity index (χ0n) is 66.7. The number of aliphatic hydroxyl groups is 2. The molecule has 0 heterocycles. The van der Waals surface area contributed by atoms with E-state index in [0.717, 1.165) is 0 Å². The minimum absolute atomic E-state index is 0.0195. The van der Waals surface area contributed by atoms with Gasteiger partial charge in [0.2, 0.25) is 76.8 Å². The number of imide groups is 1. The van der Waals surface area contributed by atoms with Gasteiger partial charge in [-0.15, -0.1) is 0 Å². The van der Waals surface area contributed by atoms with E-state index in [-0.39, 0.29) is 95.6 Å². The van der Waals surface area contributed by atoms with Crippen LogP contribution in [-0.2, 0) is 89.6 Å². The fraction of sp³-hybridized carbons (Fsp3) is 0.556. The Hall–Kier alpha value is -12.0. The van der Waals surface area contributed by atoms with E-state index in [1.165, 1.54) is 13.8 Å². The topological polar surface area (TPSA) is 748 Å². The Morgan fingerprint density at radius 1 is 0.437 bits per heavy atom. The van der Waals surface area contributed by atoms with E-state index in [4.69, 9.17) is 50.0 Å². The Morgan fingerprint density at radius 3 is 1.26 bits per heavy atom. The molecule has 0 aliphatic carbocycles. The van der Waals surface area contributed by atoms with Gasteiger partial charge in [-0.05, 0) is 68.4 Å². The van der Waals surface area contributed by atoms with Crippen molar-refractivity contribution >= 4 is 144 Å². The molecule has 0 saturated carbocycles. The molecule has 660 valence electrons. The molecular formula is C72H115N25O20S2. The standard InChI is InChI=1S/C72H115N25O20S2/c1-6-37(3)55(95-60(108)44(22-15-25-82-70(76)77)87-53(102)31-84-52(101)30-85-59(107)46(27-40-17-10-8-11-18-40)89-57(105)39(5)86-64(112)50(35-118)93-63(111)49(34-100)92-58(106)43(73)33-99)66(114)90-47(29-54(103)104)62(110)88-45(23-16-26-83-71(78)79)61(109)96-56(38(4)7-2)67(115)94-51(36-119)65(113)91-48(28-41-19-12-9-13-20-41)68(116)97(72(80)117)42(32-98)21-14-24-81-69(74)75/h8-13,17-20,32,37-39,42-51,55-56,99-100,118-119H,6-7,14-16,21-31,33-36,73H2,1-5H3,(H2,80,117)(H,84,101)(H,85,107)(H,86,112)(H,87,102)(H,88,110)(H,89,105)(H,90,114)(H,91,113)(H,92,106)(H,93,111)(H,94,115)(H,95,108)(H,96,109)(H,103,104)(H4,74,75,81)(H4,76,77,82)(H4,78,79,83)/t37-,38-,39+,42-,43-,44-,45-,46-,47-,48-,49-,50-,51-,55-,56-/m0/s1. The van der Waals surface area contributed by atoms with E-state index < -0.39 is 235 Å². The fourth-order valence-electron chi connectivity index (χ4n) is 11.1. The van der Waals surface area contributed by atoms with E-state index in [0.29, 0.717) is 22.3 Å². The molecule has 0 bridgehead atoms. The second-order valence-corrected chi connectivity index (χ2v) is 28.3. The van der Waals surface area contributed by atoms with Crippen LogP contribution in [0, 0.1) is 28.1 Å². The van der Waals surface area contributed by atoms with Crippen molar-refractivity contribution in [3.8, 4) is 0 Å². The smallest absolute Gasteiger partial charge is 0.322 e. The number of nitrogens with one attached hydrogen (secondary N) is 19. The number of hydrogen-bond acceptors (Lipinski definition) is 25. The zero-order chi connectivity index (χ0) is 89.6. The highest BCUT2D eigenvalue weighted by atomic mass is 32.1. The lowest BCUT2D eigenvalue weighted by Gasteiger charge is -2.31. The second kappa shape index (κ2) is 54.8. The number of aliphatic carboxylic acids is 1. The number of carbonyl (C=O) groups is 17. The average Bonchev–Trinajstić information content (AvgIpc) is 0.830. The number of nitrogens with zero attached hydrogens (tertiary/aromatic N) is 1. The summed E-state index contributed by atoms with van der Waals surface area (Å²) in [5.74, 6) is -19.6. The number of guanidine groups is 3. The molecule has 45 nitrogen and oxygen atoms in total. The summed E-state index contributed by atoms with van der Waals surface area (Å²) in [6.45, 7) is 4.26. The van der Waals surface area contributed by atoms with Crippen LogP contribution in [0.3, 0.4) is 0 Å². The first-order valence-electron chi connectivity index (χ1n) is 38.0. The highest BCUT2D eigenvalue weighted by Gasteiger charge is 2.40.